The smallest absolute Gasteiger partial charge is 0.353 e. The average Bonchev–Trinajstić information content (AvgIpc) is 3.19. The van der Waals surface area contributed by atoms with Gasteiger partial charge in [-0.15, -0.1) is 23.1 Å². The van der Waals surface area contributed by atoms with Gasteiger partial charge in [0.05, 0.1) is 4.21 Å². The Labute approximate surface area is 227 Å². The number of carboxylic acids is 1. The van der Waals surface area contributed by atoms with E-state index in [0.717, 1.165) is 28.0 Å². The Morgan fingerprint density at radius 3 is 2.70 bits per heavy atom. The van der Waals surface area contributed by atoms with Gasteiger partial charge in [0.1, 0.15) is 37.5 Å². The summed E-state index contributed by atoms with van der Waals surface area (Å²) in [4.78, 5) is 64.1. The fourth-order valence-corrected chi connectivity index (χ4v) is 8.26. The van der Waals surface area contributed by atoms with Gasteiger partial charge < -0.3 is 21.4 Å². The van der Waals surface area contributed by atoms with Crippen LogP contribution in [0.5, 0.6) is 0 Å². The monoisotopic (exact) mass is 597 g/mol. The van der Waals surface area contributed by atoms with Crippen LogP contribution in [0.1, 0.15) is 5.69 Å². The van der Waals surface area contributed by atoms with Crippen molar-refractivity contribution in [2.75, 3.05) is 11.5 Å². The Balaban J connectivity index is 1.38. The average molecular weight is 598 g/mol. The maximum Gasteiger partial charge on any atom is 0.353 e. The number of amides is 2. The third-order valence-corrected chi connectivity index (χ3v) is 9.89. The number of carboxylic acid groups (broad SMARTS) is 1. The third-order valence-electron chi connectivity index (χ3n) is 5.13. The first-order chi connectivity index (χ1) is 17.7. The number of carbonyl (C=O) groups is 3. The van der Waals surface area contributed by atoms with Gasteiger partial charge in [-0.1, -0.05) is 39.9 Å². The summed E-state index contributed by atoms with van der Waals surface area (Å²) in [5.74, 6) is -2.74. The van der Waals surface area contributed by atoms with Crippen molar-refractivity contribution in [3.8, 4) is 0 Å². The van der Waals surface area contributed by atoms with Gasteiger partial charge in [-0.3, -0.25) is 19.3 Å². The highest BCUT2D eigenvalue weighted by Crippen LogP contribution is 2.46. The number of anilines is 1. The van der Waals surface area contributed by atoms with E-state index in [0.29, 0.717) is 13.9 Å². The molecule has 37 heavy (non-hydrogen) atoms. The molecule has 2 aliphatic rings. The molecule has 0 aliphatic carbocycles. The van der Waals surface area contributed by atoms with Crippen LogP contribution in [-0.2, 0) is 14.4 Å². The Hall–Kier alpha value is -3.25. The van der Waals surface area contributed by atoms with Crippen molar-refractivity contribution in [3.63, 3.8) is 0 Å². The molecule has 3 aromatic heterocycles. The number of nitrogens with one attached hydrogen (secondary N) is 1. The number of rotatable bonds is 6. The molecule has 13 nitrogen and oxygen atoms in total. The summed E-state index contributed by atoms with van der Waals surface area (Å²) >= 11 is 10.3. The summed E-state index contributed by atoms with van der Waals surface area (Å²) in [6.45, 7) is 0. The molecule has 1 saturated heterocycles. The number of carbonyl (C=O) groups excluding carboxylic acids is 2. The van der Waals surface area contributed by atoms with Gasteiger partial charge >= 0.3 is 5.97 Å². The molecule has 3 aromatic rings. The summed E-state index contributed by atoms with van der Waals surface area (Å²) in [7, 11) is 0. The quantitative estimate of drug-likeness (QED) is 0.138. The minimum atomic E-state index is -1.33. The summed E-state index contributed by atoms with van der Waals surface area (Å²) in [5.41, 5.74) is 4.51. The number of aromatic nitrogens is 3. The maximum absolute atomic E-state index is 13.0. The standard InChI is InChI=1S/C19H12ClN7O6S4/c20-13-9(25-19(21)37-13)10(26-33)14(29)24-11-16(30)27-12(18(31)32)6(4-34-17(11)27)35-7-3-5(28)8-15(36-7)23-2-1-22-8/h1-3,11,17,33H,4H2,(H2,21,25)(H,24,29)(H,31,32)/b26-10+/t11?,17-/m1/s1. The minimum absolute atomic E-state index is 0.0220. The van der Waals surface area contributed by atoms with Gasteiger partial charge in [-0.2, -0.15) is 0 Å². The molecule has 190 valence electrons. The zero-order valence-corrected chi connectivity index (χ0v) is 22.0. The normalized spacial score (nSPS) is 19.5. The number of nitrogens with two attached hydrogens (primary N) is 1. The number of halogens is 1. The van der Waals surface area contributed by atoms with E-state index in [9.17, 15) is 29.5 Å². The van der Waals surface area contributed by atoms with Crippen LogP contribution < -0.4 is 16.5 Å². The Kier molecular flexibility index (Phi) is 6.80. The molecule has 2 aliphatic heterocycles. The number of thioether (sulfide) groups is 2. The molecule has 0 saturated carbocycles. The molecule has 18 heteroatoms. The second-order valence-electron chi connectivity index (χ2n) is 7.30. The lowest BCUT2D eigenvalue weighted by molar-refractivity contribution is -0.150. The highest BCUT2D eigenvalue weighted by molar-refractivity contribution is 8.07. The van der Waals surface area contributed by atoms with Gasteiger partial charge in [0.15, 0.2) is 10.8 Å². The Morgan fingerprint density at radius 1 is 1.27 bits per heavy atom. The van der Waals surface area contributed by atoms with Crippen molar-refractivity contribution in [1.82, 2.24) is 25.2 Å². The second kappa shape index (κ2) is 9.90. The summed E-state index contributed by atoms with van der Waals surface area (Å²) < 4.78 is 0.514. The van der Waals surface area contributed by atoms with Crippen LogP contribution in [0.3, 0.4) is 0 Å². The van der Waals surface area contributed by atoms with Crippen LogP contribution in [0.25, 0.3) is 10.3 Å². The van der Waals surface area contributed by atoms with Crippen molar-refractivity contribution in [3.05, 3.63) is 49.3 Å². The Morgan fingerprint density at radius 2 is 2.03 bits per heavy atom. The first kappa shape index (κ1) is 25.4. The molecule has 0 aromatic carbocycles. The van der Waals surface area contributed by atoms with E-state index in [2.05, 4.69) is 25.4 Å². The van der Waals surface area contributed by atoms with Crippen LogP contribution in [-0.4, -0.2) is 70.8 Å². The van der Waals surface area contributed by atoms with Crippen molar-refractivity contribution in [1.29, 1.82) is 0 Å². The van der Waals surface area contributed by atoms with Crippen molar-refractivity contribution in [2.24, 2.45) is 5.16 Å². The number of hydrogen-bond donors (Lipinski definition) is 4. The molecule has 2 amide bonds. The minimum Gasteiger partial charge on any atom is -0.477 e. The predicted molar refractivity (Wildman–Crippen MR) is 139 cm³/mol. The summed E-state index contributed by atoms with van der Waals surface area (Å²) in [5, 5.41) is 24.0. The first-order valence-corrected chi connectivity index (χ1v) is 13.9. The molecule has 0 radical (unpaired) electrons. The van der Waals surface area contributed by atoms with E-state index >= 15 is 0 Å². The SMILES string of the molecule is Nc1nc(/C(=N\O)C(=O)NC2C(=O)N3C(C(=O)O)=C(Sc4cc(=O)c5nccnc5s4)CS[C@H]23)c(Cl)s1. The zero-order valence-electron chi connectivity index (χ0n) is 17.9. The van der Waals surface area contributed by atoms with Gasteiger partial charge in [0.2, 0.25) is 5.43 Å². The number of nitrogen functional groups attached to an aromatic ring is 1. The number of aliphatic carboxylic acids is 1. The van der Waals surface area contributed by atoms with Gasteiger partial charge in [0.25, 0.3) is 11.8 Å². The predicted octanol–water partition coefficient (Wildman–Crippen LogP) is 1.41. The fourth-order valence-electron chi connectivity index (χ4n) is 3.58. The second-order valence-corrected chi connectivity index (χ2v) is 12.5. The lowest BCUT2D eigenvalue weighted by Gasteiger charge is -2.49. The van der Waals surface area contributed by atoms with Crippen LogP contribution in [0, 0.1) is 0 Å². The molecular formula is C19H12ClN7O6S4. The molecule has 5 rings (SSSR count). The number of fused-ring (bicyclic) bond motifs is 2. The topological polar surface area (TPSA) is 201 Å². The zero-order chi connectivity index (χ0) is 26.4. The highest BCUT2D eigenvalue weighted by atomic mass is 35.5. The first-order valence-electron chi connectivity index (χ1n) is 9.98. The molecule has 5 N–H and O–H groups in total. The van der Waals surface area contributed by atoms with Gasteiger partial charge in [0, 0.05) is 29.1 Å². The van der Waals surface area contributed by atoms with E-state index < -0.39 is 34.9 Å². The summed E-state index contributed by atoms with van der Waals surface area (Å²) in [6, 6.07) is 0.264. The molecule has 1 unspecified atom stereocenters. The van der Waals surface area contributed by atoms with Gasteiger partial charge in [-0.25, -0.2) is 19.7 Å². The highest BCUT2D eigenvalue weighted by Gasteiger charge is 2.54. The van der Waals surface area contributed by atoms with Crippen LogP contribution in [0.4, 0.5) is 5.13 Å². The molecule has 5 heterocycles. The van der Waals surface area contributed by atoms with E-state index in [1.807, 2.05) is 0 Å². The van der Waals surface area contributed by atoms with E-state index in [1.165, 1.54) is 41.6 Å². The van der Waals surface area contributed by atoms with Crippen LogP contribution in [0.15, 0.2) is 43.2 Å². The van der Waals surface area contributed by atoms with E-state index in [1.54, 1.807) is 0 Å². The van der Waals surface area contributed by atoms with Crippen molar-refractivity contribution in [2.45, 2.75) is 15.6 Å². The number of oxime groups is 1. The van der Waals surface area contributed by atoms with Gasteiger partial charge in [-0.05, 0) is 0 Å². The number of nitrogens with zero attached hydrogens (tertiary/aromatic N) is 5. The molecule has 1 fully saturated rings. The largest absolute Gasteiger partial charge is 0.477 e. The van der Waals surface area contributed by atoms with E-state index in [-0.39, 0.29) is 37.6 Å². The maximum atomic E-state index is 13.0. The third kappa shape index (κ3) is 4.52. The van der Waals surface area contributed by atoms with Crippen molar-refractivity contribution < 1.29 is 24.7 Å². The lowest BCUT2D eigenvalue weighted by atomic mass is 10.0. The van der Waals surface area contributed by atoms with Crippen LogP contribution in [0.2, 0.25) is 4.34 Å². The van der Waals surface area contributed by atoms with E-state index in [4.69, 9.17) is 17.3 Å². The fraction of sp³-hybridized carbons (Fsp3) is 0.158. The van der Waals surface area contributed by atoms with Crippen LogP contribution >= 0.6 is 57.8 Å². The number of thiazole rings is 1. The number of β-lactam (4-membered cyclic amide) rings is 1. The summed E-state index contributed by atoms with van der Waals surface area (Å²) in [6.07, 6.45) is 2.86. The Bertz CT molecular complexity index is 1600. The lowest BCUT2D eigenvalue weighted by Crippen LogP contribution is -2.71. The van der Waals surface area contributed by atoms with Crippen molar-refractivity contribution >= 4 is 96.8 Å². The number of hydrogen-bond acceptors (Lipinski definition) is 14. The molecule has 0 spiro atoms. The molecular weight excluding hydrogens is 586 g/mol. The molecule has 0 bridgehead atoms. The molecule has 2 atom stereocenters.